The highest BCUT2D eigenvalue weighted by molar-refractivity contribution is 6.24. The molecule has 0 aliphatic rings. The van der Waals surface area contributed by atoms with Crippen LogP contribution < -0.4 is 0 Å². The number of pyridine rings is 1. The molecule has 0 N–H and O–H groups in total. The first-order valence-corrected chi connectivity index (χ1v) is 16.1. The van der Waals surface area contributed by atoms with Gasteiger partial charge in [0.2, 0.25) is 0 Å². The number of aromatic nitrogens is 1. The number of rotatable bonds is 3. The molecule has 0 unspecified atom stereocenters. The van der Waals surface area contributed by atoms with Crippen LogP contribution in [-0.4, -0.2) is 4.98 Å². The second-order valence-electron chi connectivity index (χ2n) is 12.2. The van der Waals surface area contributed by atoms with E-state index in [9.17, 15) is 0 Å². The van der Waals surface area contributed by atoms with Crippen LogP contribution in [0.15, 0.2) is 168 Å². The van der Waals surface area contributed by atoms with Gasteiger partial charge in [-0.2, -0.15) is 0 Å². The fourth-order valence-corrected chi connectivity index (χ4v) is 7.63. The summed E-state index contributed by atoms with van der Waals surface area (Å²) in [7, 11) is 0. The zero-order valence-corrected chi connectivity index (χ0v) is 25.4. The van der Waals surface area contributed by atoms with Gasteiger partial charge < -0.3 is 4.42 Å². The molecule has 2 heteroatoms. The molecule has 0 aliphatic carbocycles. The Balaban J connectivity index is 1.29. The van der Waals surface area contributed by atoms with Crippen molar-refractivity contribution in [1.29, 1.82) is 0 Å². The van der Waals surface area contributed by atoms with Crippen LogP contribution in [0.1, 0.15) is 0 Å². The summed E-state index contributed by atoms with van der Waals surface area (Å²) >= 11 is 0. The fraction of sp³-hybridized carbons (Fsp3) is 0. The van der Waals surface area contributed by atoms with Crippen molar-refractivity contribution in [1.82, 2.24) is 4.98 Å². The van der Waals surface area contributed by atoms with Crippen LogP contribution in [0, 0.1) is 0 Å². The molecule has 0 spiro atoms. The minimum absolute atomic E-state index is 0.822. The summed E-state index contributed by atoms with van der Waals surface area (Å²) in [6.45, 7) is 0. The molecular weight excluding hydrogens is 571 g/mol. The minimum atomic E-state index is 0.822. The van der Waals surface area contributed by atoms with Crippen molar-refractivity contribution in [2.45, 2.75) is 0 Å². The molecule has 10 rings (SSSR count). The molecule has 0 aliphatic heterocycles. The average Bonchev–Trinajstić information content (AvgIpc) is 3.50. The van der Waals surface area contributed by atoms with Gasteiger partial charge in [-0.15, -0.1) is 0 Å². The predicted molar refractivity (Wildman–Crippen MR) is 198 cm³/mol. The molecule has 0 bridgehead atoms. The number of hydrogen-bond donors (Lipinski definition) is 0. The van der Waals surface area contributed by atoms with E-state index in [1.165, 1.54) is 54.6 Å². The number of para-hydroxylation sites is 2. The first kappa shape index (κ1) is 26.0. The van der Waals surface area contributed by atoms with Gasteiger partial charge >= 0.3 is 0 Å². The third-order valence-corrected chi connectivity index (χ3v) is 9.63. The highest BCUT2D eigenvalue weighted by Gasteiger charge is 2.21. The lowest BCUT2D eigenvalue weighted by atomic mass is 9.84. The first-order valence-electron chi connectivity index (χ1n) is 16.1. The van der Waals surface area contributed by atoms with Gasteiger partial charge in [-0.1, -0.05) is 140 Å². The lowest BCUT2D eigenvalue weighted by molar-refractivity contribution is 0.670. The summed E-state index contributed by atoms with van der Waals surface area (Å²) in [6.07, 6.45) is 0. The molecule has 2 heterocycles. The van der Waals surface area contributed by atoms with Crippen LogP contribution in [0.5, 0.6) is 0 Å². The summed E-state index contributed by atoms with van der Waals surface area (Å²) in [4.78, 5) is 5.08. The van der Waals surface area contributed by atoms with Crippen LogP contribution in [0.25, 0.3) is 98.7 Å². The van der Waals surface area contributed by atoms with Crippen molar-refractivity contribution < 1.29 is 4.42 Å². The Morgan fingerprint density at radius 2 is 0.915 bits per heavy atom. The number of benzene rings is 8. The lowest BCUT2D eigenvalue weighted by Gasteiger charge is -2.19. The maximum atomic E-state index is 6.57. The third-order valence-electron chi connectivity index (χ3n) is 9.63. The molecule has 0 fully saturated rings. The molecule has 47 heavy (non-hydrogen) atoms. The van der Waals surface area contributed by atoms with Gasteiger partial charge in [-0.05, 0) is 84.4 Å². The Kier molecular flexibility index (Phi) is 5.61. The van der Waals surface area contributed by atoms with Gasteiger partial charge in [-0.3, -0.25) is 0 Å². The molecule has 0 amide bonds. The molecule has 0 saturated carbocycles. The molecule has 2 nitrogen and oxygen atoms in total. The van der Waals surface area contributed by atoms with E-state index in [-0.39, 0.29) is 0 Å². The monoisotopic (exact) mass is 597 g/mol. The predicted octanol–water partition coefficient (Wildman–Crippen LogP) is 12.6. The molecule has 0 atom stereocenters. The summed E-state index contributed by atoms with van der Waals surface area (Å²) < 4.78 is 6.57. The van der Waals surface area contributed by atoms with Crippen molar-refractivity contribution in [3.8, 4) is 33.4 Å². The molecule has 0 saturated heterocycles. The SMILES string of the molecule is c1cc(-c2c3ccccc3c(-c3cccc4ccccc34)c3ccccc23)cc(-c2c3ccccc3nc3c2oc2ccccc23)c1. The van der Waals surface area contributed by atoms with Crippen molar-refractivity contribution in [3.05, 3.63) is 164 Å². The van der Waals surface area contributed by atoms with Crippen LogP contribution in [0.4, 0.5) is 0 Å². The van der Waals surface area contributed by atoms with E-state index >= 15 is 0 Å². The topological polar surface area (TPSA) is 26.0 Å². The van der Waals surface area contributed by atoms with Crippen molar-refractivity contribution in [3.63, 3.8) is 0 Å². The van der Waals surface area contributed by atoms with Gasteiger partial charge in [0, 0.05) is 16.3 Å². The fourth-order valence-electron chi connectivity index (χ4n) is 7.63. The summed E-state index contributed by atoms with van der Waals surface area (Å²) in [5.74, 6) is 0. The Morgan fingerprint density at radius 1 is 0.383 bits per heavy atom. The Labute approximate surface area is 271 Å². The average molecular weight is 598 g/mol. The zero-order chi connectivity index (χ0) is 30.9. The molecule has 10 aromatic rings. The highest BCUT2D eigenvalue weighted by Crippen LogP contribution is 2.46. The largest absolute Gasteiger partial charge is 0.454 e. The van der Waals surface area contributed by atoms with Crippen molar-refractivity contribution in [2.24, 2.45) is 0 Å². The van der Waals surface area contributed by atoms with Crippen LogP contribution >= 0.6 is 0 Å². The Hall–Kier alpha value is -6.25. The Morgan fingerprint density at radius 3 is 1.66 bits per heavy atom. The normalized spacial score (nSPS) is 11.8. The van der Waals surface area contributed by atoms with Crippen molar-refractivity contribution in [2.75, 3.05) is 0 Å². The van der Waals surface area contributed by atoms with Gasteiger partial charge in [0.15, 0.2) is 5.58 Å². The smallest absolute Gasteiger partial charge is 0.162 e. The standard InChI is InChI=1S/C45H27NO/c1-2-17-31-28(13-1)14-12-24-32(31)43-35-20-5-3-18-33(35)41(34-19-4-6-21-36(34)43)29-15-11-16-30(27-29)42-37-22-7-9-25-39(37)46-44-38-23-8-10-26-40(38)47-45(42)44/h1-27H. The summed E-state index contributed by atoms with van der Waals surface area (Å²) in [5.41, 5.74) is 10.7. The van der Waals surface area contributed by atoms with Crippen molar-refractivity contribution >= 4 is 65.3 Å². The van der Waals surface area contributed by atoms with E-state index in [1.807, 2.05) is 18.2 Å². The third kappa shape index (κ3) is 3.89. The van der Waals surface area contributed by atoms with E-state index in [0.717, 1.165) is 44.1 Å². The molecule has 8 aromatic carbocycles. The number of fused-ring (bicyclic) bond motifs is 7. The zero-order valence-electron chi connectivity index (χ0n) is 25.4. The van der Waals surface area contributed by atoms with Crippen LogP contribution in [0.3, 0.4) is 0 Å². The van der Waals surface area contributed by atoms with E-state index < -0.39 is 0 Å². The van der Waals surface area contributed by atoms with E-state index in [1.54, 1.807) is 0 Å². The van der Waals surface area contributed by atoms with Crippen LogP contribution in [0.2, 0.25) is 0 Å². The highest BCUT2D eigenvalue weighted by atomic mass is 16.3. The van der Waals surface area contributed by atoms with E-state index in [2.05, 4.69) is 146 Å². The van der Waals surface area contributed by atoms with Gasteiger partial charge in [0.05, 0.1) is 5.52 Å². The minimum Gasteiger partial charge on any atom is -0.454 e. The number of hydrogen-bond acceptors (Lipinski definition) is 2. The Bertz CT molecular complexity index is 2800. The molecule has 2 aromatic heterocycles. The number of furan rings is 1. The maximum Gasteiger partial charge on any atom is 0.162 e. The lowest BCUT2D eigenvalue weighted by Crippen LogP contribution is -1.92. The first-order chi connectivity index (χ1) is 23.3. The van der Waals surface area contributed by atoms with E-state index in [0.29, 0.717) is 0 Å². The van der Waals surface area contributed by atoms with E-state index in [4.69, 9.17) is 9.40 Å². The maximum absolute atomic E-state index is 6.57. The second-order valence-corrected chi connectivity index (χ2v) is 12.2. The van der Waals surface area contributed by atoms with Crippen LogP contribution in [-0.2, 0) is 0 Å². The van der Waals surface area contributed by atoms with Gasteiger partial charge in [0.1, 0.15) is 11.1 Å². The quantitative estimate of drug-likeness (QED) is 0.189. The summed E-state index contributed by atoms with van der Waals surface area (Å²) in [6, 6.07) is 58.6. The summed E-state index contributed by atoms with van der Waals surface area (Å²) in [5, 5.41) is 9.59. The molecule has 218 valence electrons. The van der Waals surface area contributed by atoms with Gasteiger partial charge in [0.25, 0.3) is 0 Å². The van der Waals surface area contributed by atoms with Gasteiger partial charge in [-0.25, -0.2) is 4.98 Å². The number of nitrogens with zero attached hydrogens (tertiary/aromatic N) is 1. The molecule has 0 radical (unpaired) electrons. The second kappa shape index (κ2) is 10.1. The molecular formula is C45H27NO.